The number of rotatable bonds is 10. The molecule has 0 aliphatic rings. The molecule has 1 aromatic carbocycles. The summed E-state index contributed by atoms with van der Waals surface area (Å²) in [6.45, 7) is 3.01. The Bertz CT molecular complexity index is 1000. The van der Waals surface area contributed by atoms with Gasteiger partial charge < -0.3 is 20.2 Å². The van der Waals surface area contributed by atoms with Crippen LogP contribution in [0.1, 0.15) is 28.7 Å². The minimum Gasteiger partial charge on any atom is -0.497 e. The van der Waals surface area contributed by atoms with Crippen LogP contribution >= 0.6 is 11.3 Å². The van der Waals surface area contributed by atoms with E-state index in [2.05, 4.69) is 31.7 Å². The maximum Gasteiger partial charge on any atom is 0.272 e. The van der Waals surface area contributed by atoms with E-state index >= 15 is 0 Å². The van der Waals surface area contributed by atoms with Crippen molar-refractivity contribution in [1.29, 1.82) is 0 Å². The van der Waals surface area contributed by atoms with Crippen LogP contribution in [-0.4, -0.2) is 49.6 Å². The number of carbonyl (C=O) groups excluding carboxylic acids is 3. The molecule has 0 bridgehead atoms. The maximum absolute atomic E-state index is 12.8. The van der Waals surface area contributed by atoms with E-state index in [1.807, 2.05) is 0 Å². The van der Waals surface area contributed by atoms with Gasteiger partial charge in [0, 0.05) is 20.0 Å². The molecule has 166 valence electrons. The van der Waals surface area contributed by atoms with Crippen molar-refractivity contribution in [3.63, 3.8) is 0 Å². The quantitative estimate of drug-likeness (QED) is 0.244. The summed E-state index contributed by atoms with van der Waals surface area (Å²) < 4.78 is 10.4. The van der Waals surface area contributed by atoms with Crippen LogP contribution < -0.4 is 31.1 Å². The standard InChI is InChI=1S/C19H24N6O5S/c1-10-17(31-19(21-10)25-23-11(2)26)15(27)9-14(24-20-3)18(28)22-13-7-6-12(29-4)8-16(13)30-5/h6-8,20H,9H2,1-5H3,(H,21,25)(H,22,28)(H,23,26). The third-order valence-corrected chi connectivity index (χ3v) is 5.00. The number of carbonyl (C=O) groups is 3. The van der Waals surface area contributed by atoms with Crippen molar-refractivity contribution in [2.45, 2.75) is 20.3 Å². The number of benzene rings is 1. The van der Waals surface area contributed by atoms with Crippen molar-refractivity contribution in [3.05, 3.63) is 28.8 Å². The number of Topliss-reactive ketones (excluding diaryl/α,β-unsaturated/α-hetero) is 1. The molecule has 1 heterocycles. The lowest BCUT2D eigenvalue weighted by molar-refractivity contribution is -0.118. The second-order valence-corrected chi connectivity index (χ2v) is 7.14. The lowest BCUT2D eigenvalue weighted by Crippen LogP contribution is -2.27. The number of ketones is 1. The summed E-state index contributed by atoms with van der Waals surface area (Å²) in [5.41, 5.74) is 8.42. The molecule has 0 aliphatic heterocycles. The Balaban J connectivity index is 2.16. The first-order chi connectivity index (χ1) is 14.8. The third kappa shape index (κ3) is 6.40. The van der Waals surface area contributed by atoms with Crippen LogP contribution in [0.5, 0.6) is 11.5 Å². The fraction of sp³-hybridized carbons (Fsp3) is 0.316. The number of hydrogen-bond donors (Lipinski definition) is 4. The maximum atomic E-state index is 12.8. The molecule has 4 N–H and O–H groups in total. The Kier molecular flexibility index (Phi) is 8.32. The smallest absolute Gasteiger partial charge is 0.272 e. The van der Waals surface area contributed by atoms with Crippen LogP contribution in [0.3, 0.4) is 0 Å². The van der Waals surface area contributed by atoms with Crippen molar-refractivity contribution < 1.29 is 23.9 Å². The number of nitrogens with zero attached hydrogens (tertiary/aromatic N) is 2. The first kappa shape index (κ1) is 23.6. The molecule has 31 heavy (non-hydrogen) atoms. The first-order valence-corrected chi connectivity index (χ1v) is 9.90. The van der Waals surface area contributed by atoms with Gasteiger partial charge in [-0.15, -0.1) is 0 Å². The summed E-state index contributed by atoms with van der Waals surface area (Å²) in [4.78, 5) is 41.1. The average molecular weight is 449 g/mol. The molecule has 1 aromatic heterocycles. The number of ether oxygens (including phenoxy) is 2. The zero-order chi connectivity index (χ0) is 23.0. The Morgan fingerprint density at radius 1 is 1.19 bits per heavy atom. The SMILES string of the molecule is CNN=C(CC(=O)c1sc(NNC(C)=O)nc1C)C(=O)Nc1ccc(OC)cc1OC. The molecule has 0 atom stereocenters. The second-order valence-electron chi connectivity index (χ2n) is 6.14. The molecule has 0 unspecified atom stereocenters. The Hall–Kier alpha value is -3.67. The highest BCUT2D eigenvalue weighted by Crippen LogP contribution is 2.29. The Morgan fingerprint density at radius 2 is 1.94 bits per heavy atom. The summed E-state index contributed by atoms with van der Waals surface area (Å²) in [6, 6.07) is 4.92. The number of nitrogens with one attached hydrogen (secondary N) is 4. The average Bonchev–Trinajstić information content (AvgIpc) is 3.12. The van der Waals surface area contributed by atoms with Gasteiger partial charge in [-0.2, -0.15) is 5.10 Å². The molecule has 11 nitrogen and oxygen atoms in total. The van der Waals surface area contributed by atoms with Crippen LogP contribution in [0.2, 0.25) is 0 Å². The normalized spacial score (nSPS) is 10.8. The van der Waals surface area contributed by atoms with Gasteiger partial charge in [0.2, 0.25) is 11.0 Å². The molecule has 0 spiro atoms. The van der Waals surface area contributed by atoms with Crippen molar-refractivity contribution in [3.8, 4) is 11.5 Å². The third-order valence-electron chi connectivity index (χ3n) is 3.89. The fourth-order valence-corrected chi connectivity index (χ4v) is 3.34. The number of thiazole rings is 1. The molecular weight excluding hydrogens is 424 g/mol. The Morgan fingerprint density at radius 3 is 2.55 bits per heavy atom. The number of aromatic nitrogens is 1. The van der Waals surface area contributed by atoms with Gasteiger partial charge in [-0.25, -0.2) is 4.98 Å². The minimum absolute atomic E-state index is 0.0189. The molecule has 2 rings (SSSR count). The van der Waals surface area contributed by atoms with E-state index in [0.717, 1.165) is 11.3 Å². The number of amides is 2. The van der Waals surface area contributed by atoms with Crippen molar-refractivity contribution >= 4 is 45.5 Å². The van der Waals surface area contributed by atoms with Gasteiger partial charge in [0.1, 0.15) is 17.2 Å². The molecule has 0 radical (unpaired) electrons. The summed E-state index contributed by atoms with van der Waals surface area (Å²) in [5, 5.41) is 7.00. The zero-order valence-electron chi connectivity index (χ0n) is 17.8. The van der Waals surface area contributed by atoms with E-state index in [0.29, 0.717) is 32.9 Å². The van der Waals surface area contributed by atoms with Gasteiger partial charge in [0.05, 0.1) is 36.9 Å². The van der Waals surface area contributed by atoms with E-state index in [4.69, 9.17) is 9.47 Å². The fourth-order valence-electron chi connectivity index (χ4n) is 2.48. The summed E-state index contributed by atoms with van der Waals surface area (Å²) in [5.74, 6) is -0.232. The largest absolute Gasteiger partial charge is 0.497 e. The van der Waals surface area contributed by atoms with E-state index in [-0.39, 0.29) is 23.8 Å². The van der Waals surface area contributed by atoms with Gasteiger partial charge in [-0.05, 0) is 19.1 Å². The molecule has 0 aliphatic carbocycles. The molecule has 0 saturated heterocycles. The predicted molar refractivity (Wildman–Crippen MR) is 118 cm³/mol. The summed E-state index contributed by atoms with van der Waals surface area (Å²) in [6.07, 6.45) is -0.256. The molecular formula is C19H24N6O5S. The zero-order valence-corrected chi connectivity index (χ0v) is 18.6. The molecule has 2 aromatic rings. The number of hydrogen-bond acceptors (Lipinski definition) is 10. The van der Waals surface area contributed by atoms with Gasteiger partial charge in [0.25, 0.3) is 5.91 Å². The molecule has 12 heteroatoms. The molecule has 0 fully saturated rings. The van der Waals surface area contributed by atoms with Crippen LogP contribution in [0.15, 0.2) is 23.3 Å². The first-order valence-electron chi connectivity index (χ1n) is 9.08. The highest BCUT2D eigenvalue weighted by atomic mass is 32.1. The monoisotopic (exact) mass is 448 g/mol. The number of hydrazine groups is 1. The highest BCUT2D eigenvalue weighted by molar-refractivity contribution is 7.17. The lowest BCUT2D eigenvalue weighted by Gasteiger charge is -2.12. The van der Waals surface area contributed by atoms with Crippen molar-refractivity contribution in [2.75, 3.05) is 32.0 Å². The topological polar surface area (TPSA) is 143 Å². The Labute approximate surface area is 183 Å². The van der Waals surface area contributed by atoms with Crippen LogP contribution in [0.4, 0.5) is 10.8 Å². The number of anilines is 2. The molecule has 2 amide bonds. The van der Waals surface area contributed by atoms with Gasteiger partial charge >= 0.3 is 0 Å². The van der Waals surface area contributed by atoms with E-state index in [9.17, 15) is 14.4 Å². The van der Waals surface area contributed by atoms with E-state index in [1.54, 1.807) is 25.1 Å². The summed E-state index contributed by atoms with van der Waals surface area (Å²) in [7, 11) is 4.52. The van der Waals surface area contributed by atoms with Crippen LogP contribution in [-0.2, 0) is 9.59 Å². The van der Waals surface area contributed by atoms with Crippen LogP contribution in [0, 0.1) is 6.92 Å². The molecule has 0 saturated carbocycles. The minimum atomic E-state index is -0.565. The number of hydrazone groups is 1. The van der Waals surface area contributed by atoms with E-state index < -0.39 is 5.91 Å². The second kappa shape index (κ2) is 10.9. The van der Waals surface area contributed by atoms with Crippen molar-refractivity contribution in [2.24, 2.45) is 5.10 Å². The van der Waals surface area contributed by atoms with E-state index in [1.165, 1.54) is 28.2 Å². The lowest BCUT2D eigenvalue weighted by atomic mass is 10.1. The summed E-state index contributed by atoms with van der Waals surface area (Å²) >= 11 is 1.07. The number of aryl methyl sites for hydroxylation is 1. The van der Waals surface area contributed by atoms with Crippen LogP contribution in [0.25, 0.3) is 0 Å². The predicted octanol–water partition coefficient (Wildman–Crippen LogP) is 1.72. The number of methoxy groups -OCH3 is 2. The van der Waals surface area contributed by atoms with Gasteiger partial charge in [-0.1, -0.05) is 11.3 Å². The highest BCUT2D eigenvalue weighted by Gasteiger charge is 2.22. The van der Waals surface area contributed by atoms with Gasteiger partial charge in [-0.3, -0.25) is 25.2 Å². The van der Waals surface area contributed by atoms with Gasteiger partial charge in [0.15, 0.2) is 5.78 Å². The van der Waals surface area contributed by atoms with Crippen molar-refractivity contribution in [1.82, 2.24) is 15.8 Å².